The van der Waals surface area contributed by atoms with Crippen LogP contribution < -0.4 is 11.1 Å². The van der Waals surface area contributed by atoms with Crippen molar-refractivity contribution in [3.05, 3.63) is 0 Å². The first kappa shape index (κ1) is 13.3. The zero-order valence-corrected chi connectivity index (χ0v) is 10.6. The van der Waals surface area contributed by atoms with Crippen molar-refractivity contribution in [1.82, 2.24) is 5.32 Å². The molecule has 1 fully saturated rings. The summed E-state index contributed by atoms with van der Waals surface area (Å²) in [4.78, 5) is 11.6. The molecule has 0 spiro atoms. The average Bonchev–Trinajstić information content (AvgIpc) is 2.15. The molecule has 0 heterocycles. The summed E-state index contributed by atoms with van der Waals surface area (Å²) in [6.07, 6.45) is 4.18. The predicted molar refractivity (Wildman–Crippen MR) is 64.2 cm³/mol. The Morgan fingerprint density at radius 3 is 2.56 bits per heavy atom. The molecule has 0 radical (unpaired) electrons. The number of carbonyl (C=O) groups is 1. The molecule has 94 valence electrons. The topological polar surface area (TPSA) is 64.3 Å². The maximum atomic E-state index is 11.6. The Kier molecular flexibility index (Phi) is 4.59. The number of rotatable bonds is 2. The summed E-state index contributed by atoms with van der Waals surface area (Å²) in [5, 5.41) is 2.94. The van der Waals surface area contributed by atoms with E-state index in [4.69, 9.17) is 10.5 Å². The Bertz CT molecular complexity index is 236. The highest BCUT2D eigenvalue weighted by molar-refractivity contribution is 5.68. The van der Waals surface area contributed by atoms with Crippen LogP contribution in [0.4, 0.5) is 4.79 Å². The van der Waals surface area contributed by atoms with Crippen LogP contribution in [0.5, 0.6) is 0 Å². The van der Waals surface area contributed by atoms with E-state index in [9.17, 15) is 4.79 Å². The van der Waals surface area contributed by atoms with E-state index in [2.05, 4.69) is 5.32 Å². The smallest absolute Gasteiger partial charge is 0.407 e. The van der Waals surface area contributed by atoms with Crippen LogP contribution >= 0.6 is 0 Å². The molecule has 4 heteroatoms. The van der Waals surface area contributed by atoms with Crippen LogP contribution in [0.3, 0.4) is 0 Å². The maximum absolute atomic E-state index is 11.6. The van der Waals surface area contributed by atoms with E-state index < -0.39 is 5.60 Å². The lowest BCUT2D eigenvalue weighted by Gasteiger charge is -2.32. The standard InChI is InChI=1S/C12H24N2O2/c1-12(2,3)16-11(15)14-10-7-5-4-6-9(10)8-13/h9-10H,4-8,13H2,1-3H3,(H,14,15)/t9?,10-/m1/s1. The van der Waals surface area contributed by atoms with Gasteiger partial charge in [-0.25, -0.2) is 4.79 Å². The molecule has 1 amide bonds. The van der Waals surface area contributed by atoms with Crippen molar-refractivity contribution in [2.24, 2.45) is 11.7 Å². The van der Waals surface area contributed by atoms with Crippen molar-refractivity contribution in [3.8, 4) is 0 Å². The summed E-state index contributed by atoms with van der Waals surface area (Å²) in [5.41, 5.74) is 5.27. The summed E-state index contributed by atoms with van der Waals surface area (Å²) < 4.78 is 5.24. The number of hydrogen-bond donors (Lipinski definition) is 2. The first-order valence-corrected chi connectivity index (χ1v) is 6.12. The van der Waals surface area contributed by atoms with Crippen LogP contribution in [0.15, 0.2) is 0 Å². The fourth-order valence-electron chi connectivity index (χ4n) is 2.14. The van der Waals surface area contributed by atoms with Crippen molar-refractivity contribution >= 4 is 6.09 Å². The molecule has 1 aliphatic carbocycles. The second-order valence-corrected chi connectivity index (χ2v) is 5.53. The van der Waals surface area contributed by atoms with Gasteiger partial charge in [-0.3, -0.25) is 0 Å². The summed E-state index contributed by atoms with van der Waals surface area (Å²) in [7, 11) is 0. The minimum Gasteiger partial charge on any atom is -0.444 e. The lowest BCUT2D eigenvalue weighted by Crippen LogP contribution is -2.46. The molecule has 16 heavy (non-hydrogen) atoms. The number of nitrogens with one attached hydrogen (secondary N) is 1. The molecule has 1 rings (SSSR count). The summed E-state index contributed by atoms with van der Waals surface area (Å²) in [6, 6.07) is 0.189. The normalized spacial score (nSPS) is 26.2. The summed E-state index contributed by atoms with van der Waals surface area (Å²) in [6.45, 7) is 6.25. The Morgan fingerprint density at radius 2 is 2.00 bits per heavy atom. The van der Waals surface area contributed by atoms with Gasteiger partial charge in [0, 0.05) is 6.04 Å². The van der Waals surface area contributed by atoms with E-state index in [0.29, 0.717) is 12.5 Å². The van der Waals surface area contributed by atoms with Gasteiger partial charge in [0.1, 0.15) is 5.60 Å². The molecule has 4 nitrogen and oxygen atoms in total. The van der Waals surface area contributed by atoms with Crippen molar-refractivity contribution in [2.75, 3.05) is 6.54 Å². The predicted octanol–water partition coefficient (Wildman–Crippen LogP) is 2.03. The van der Waals surface area contributed by atoms with Crippen LogP contribution in [-0.2, 0) is 4.74 Å². The van der Waals surface area contributed by atoms with E-state index in [1.165, 1.54) is 6.42 Å². The SMILES string of the molecule is CC(C)(C)OC(=O)N[C@@H]1CCCCC1CN. The van der Waals surface area contributed by atoms with Gasteiger partial charge in [-0.1, -0.05) is 12.8 Å². The van der Waals surface area contributed by atoms with Gasteiger partial charge in [0.2, 0.25) is 0 Å². The zero-order chi connectivity index (χ0) is 12.2. The van der Waals surface area contributed by atoms with Gasteiger partial charge in [0.05, 0.1) is 0 Å². The number of carbonyl (C=O) groups excluding carboxylic acids is 1. The summed E-state index contributed by atoms with van der Waals surface area (Å²) in [5.74, 6) is 0.404. The van der Waals surface area contributed by atoms with Crippen molar-refractivity contribution in [2.45, 2.75) is 58.1 Å². The molecule has 1 saturated carbocycles. The lowest BCUT2D eigenvalue weighted by molar-refractivity contribution is 0.0471. The Morgan fingerprint density at radius 1 is 1.38 bits per heavy atom. The number of alkyl carbamates (subject to hydrolysis) is 1. The third kappa shape index (κ3) is 4.39. The second kappa shape index (κ2) is 5.53. The largest absolute Gasteiger partial charge is 0.444 e. The molecule has 2 atom stereocenters. The van der Waals surface area contributed by atoms with Crippen LogP contribution in [0.2, 0.25) is 0 Å². The van der Waals surface area contributed by atoms with Gasteiger partial charge < -0.3 is 15.8 Å². The fourth-order valence-corrected chi connectivity index (χ4v) is 2.14. The van der Waals surface area contributed by atoms with E-state index in [1.807, 2.05) is 20.8 Å². The molecule has 0 aromatic heterocycles. The van der Waals surface area contributed by atoms with Crippen LogP contribution in [-0.4, -0.2) is 24.3 Å². The number of amides is 1. The first-order valence-electron chi connectivity index (χ1n) is 6.12. The molecule has 1 aliphatic rings. The van der Waals surface area contributed by atoms with E-state index in [0.717, 1.165) is 19.3 Å². The van der Waals surface area contributed by atoms with Crippen molar-refractivity contribution in [3.63, 3.8) is 0 Å². The van der Waals surface area contributed by atoms with E-state index in [1.54, 1.807) is 0 Å². The van der Waals surface area contributed by atoms with Gasteiger partial charge in [-0.15, -0.1) is 0 Å². The second-order valence-electron chi connectivity index (χ2n) is 5.53. The van der Waals surface area contributed by atoms with Crippen molar-refractivity contribution < 1.29 is 9.53 Å². The highest BCUT2D eigenvalue weighted by Gasteiger charge is 2.27. The monoisotopic (exact) mass is 228 g/mol. The number of nitrogens with two attached hydrogens (primary N) is 1. The summed E-state index contributed by atoms with van der Waals surface area (Å²) >= 11 is 0. The molecule has 0 aliphatic heterocycles. The Hall–Kier alpha value is -0.770. The quantitative estimate of drug-likeness (QED) is 0.760. The fraction of sp³-hybridized carbons (Fsp3) is 0.917. The van der Waals surface area contributed by atoms with Gasteiger partial charge in [-0.2, -0.15) is 0 Å². The number of ether oxygens (including phenoxy) is 1. The molecule has 0 saturated heterocycles. The van der Waals surface area contributed by atoms with Crippen LogP contribution in [0.25, 0.3) is 0 Å². The molecule has 3 N–H and O–H groups in total. The van der Waals surface area contributed by atoms with E-state index in [-0.39, 0.29) is 12.1 Å². The number of hydrogen-bond acceptors (Lipinski definition) is 3. The van der Waals surface area contributed by atoms with E-state index >= 15 is 0 Å². The minimum absolute atomic E-state index is 0.189. The Labute approximate surface area is 97.9 Å². The molecule has 0 bridgehead atoms. The highest BCUT2D eigenvalue weighted by atomic mass is 16.6. The molecular weight excluding hydrogens is 204 g/mol. The third-order valence-electron chi connectivity index (χ3n) is 2.91. The molecular formula is C12H24N2O2. The highest BCUT2D eigenvalue weighted by Crippen LogP contribution is 2.23. The molecule has 0 aromatic carbocycles. The van der Waals surface area contributed by atoms with Crippen molar-refractivity contribution in [1.29, 1.82) is 0 Å². The van der Waals surface area contributed by atoms with Crippen LogP contribution in [0, 0.1) is 5.92 Å². The third-order valence-corrected chi connectivity index (χ3v) is 2.91. The van der Waals surface area contributed by atoms with Gasteiger partial charge >= 0.3 is 6.09 Å². The minimum atomic E-state index is -0.434. The maximum Gasteiger partial charge on any atom is 0.407 e. The Balaban J connectivity index is 2.42. The molecule has 1 unspecified atom stereocenters. The molecule has 0 aromatic rings. The van der Waals surface area contributed by atoms with Gasteiger partial charge in [0.25, 0.3) is 0 Å². The first-order chi connectivity index (χ1) is 7.42. The van der Waals surface area contributed by atoms with Crippen LogP contribution in [0.1, 0.15) is 46.5 Å². The zero-order valence-electron chi connectivity index (χ0n) is 10.6. The van der Waals surface area contributed by atoms with Gasteiger partial charge in [0.15, 0.2) is 0 Å². The van der Waals surface area contributed by atoms with Gasteiger partial charge in [-0.05, 0) is 46.1 Å². The lowest BCUT2D eigenvalue weighted by atomic mass is 9.85. The average molecular weight is 228 g/mol.